The lowest BCUT2D eigenvalue weighted by Crippen LogP contribution is -2.25. The predicted molar refractivity (Wildman–Crippen MR) is 90.7 cm³/mol. The van der Waals surface area contributed by atoms with Crippen LogP contribution in [-0.4, -0.2) is 17.9 Å². The Balaban J connectivity index is 1.90. The summed E-state index contributed by atoms with van der Waals surface area (Å²) in [5.41, 5.74) is 1.95. The molecule has 2 aromatic heterocycles. The lowest BCUT2D eigenvalue weighted by atomic mass is 10.1. The molecule has 5 heteroatoms. The van der Waals surface area contributed by atoms with Gasteiger partial charge in [-0.25, -0.2) is 0 Å². The zero-order valence-electron chi connectivity index (χ0n) is 12.4. The van der Waals surface area contributed by atoms with E-state index >= 15 is 0 Å². The molecule has 22 heavy (non-hydrogen) atoms. The van der Waals surface area contributed by atoms with Gasteiger partial charge < -0.3 is 9.32 Å². The van der Waals surface area contributed by atoms with Crippen molar-refractivity contribution in [2.45, 2.75) is 19.9 Å². The summed E-state index contributed by atoms with van der Waals surface area (Å²) in [6, 6.07) is 11.4. The van der Waals surface area contributed by atoms with Crippen molar-refractivity contribution in [1.82, 2.24) is 4.90 Å². The quantitative estimate of drug-likeness (QED) is 0.674. The minimum Gasteiger partial charge on any atom is -0.461 e. The van der Waals surface area contributed by atoms with Gasteiger partial charge in [0.1, 0.15) is 11.3 Å². The van der Waals surface area contributed by atoms with Crippen molar-refractivity contribution in [3.05, 3.63) is 56.9 Å². The average Bonchev–Trinajstić information content (AvgIpc) is 3.10. The maximum absolute atomic E-state index is 12.5. The van der Waals surface area contributed by atoms with E-state index in [0.29, 0.717) is 15.8 Å². The van der Waals surface area contributed by atoms with Crippen molar-refractivity contribution in [3.63, 3.8) is 0 Å². The van der Waals surface area contributed by atoms with Crippen LogP contribution < -0.4 is 0 Å². The highest BCUT2D eigenvalue weighted by Crippen LogP contribution is 2.28. The molecule has 0 fully saturated rings. The van der Waals surface area contributed by atoms with Gasteiger partial charge in [-0.05, 0) is 18.2 Å². The van der Waals surface area contributed by atoms with Crippen molar-refractivity contribution in [2.24, 2.45) is 0 Å². The van der Waals surface area contributed by atoms with Crippen LogP contribution in [-0.2, 0) is 13.0 Å². The first-order valence-corrected chi connectivity index (χ1v) is 8.29. The summed E-state index contributed by atoms with van der Waals surface area (Å²) < 4.78 is 6.51. The monoisotopic (exact) mass is 333 g/mol. The second kappa shape index (κ2) is 6.15. The van der Waals surface area contributed by atoms with Gasteiger partial charge in [-0.2, -0.15) is 0 Å². The molecule has 0 aliphatic carbocycles. The summed E-state index contributed by atoms with van der Waals surface area (Å²) >= 11 is 7.21. The molecular weight excluding hydrogens is 318 g/mol. The first-order chi connectivity index (χ1) is 10.6. The van der Waals surface area contributed by atoms with Gasteiger partial charge in [-0.1, -0.05) is 36.7 Å². The summed E-state index contributed by atoms with van der Waals surface area (Å²) in [4.78, 5) is 14.8. The van der Waals surface area contributed by atoms with Crippen molar-refractivity contribution in [2.75, 3.05) is 7.05 Å². The summed E-state index contributed by atoms with van der Waals surface area (Å²) in [7, 11) is 1.80. The van der Waals surface area contributed by atoms with Crippen molar-refractivity contribution < 1.29 is 9.21 Å². The molecule has 0 bridgehead atoms. The lowest BCUT2D eigenvalue weighted by molar-refractivity contribution is 0.0790. The second-order valence-corrected chi connectivity index (χ2v) is 6.83. The molecular formula is C17H16ClNO2S. The number of halogens is 1. The van der Waals surface area contributed by atoms with E-state index in [1.165, 1.54) is 11.3 Å². The molecule has 114 valence electrons. The Morgan fingerprint density at radius 1 is 1.27 bits per heavy atom. The van der Waals surface area contributed by atoms with Crippen LogP contribution in [0.2, 0.25) is 4.34 Å². The maximum atomic E-state index is 12.5. The lowest BCUT2D eigenvalue weighted by Gasteiger charge is -2.16. The van der Waals surface area contributed by atoms with Crippen molar-refractivity contribution >= 4 is 39.8 Å². The van der Waals surface area contributed by atoms with Gasteiger partial charge >= 0.3 is 0 Å². The Hall–Kier alpha value is -1.78. The molecule has 0 aliphatic rings. The van der Waals surface area contributed by atoms with Crippen LogP contribution in [0.3, 0.4) is 0 Å². The van der Waals surface area contributed by atoms with Gasteiger partial charge in [-0.3, -0.25) is 4.79 Å². The van der Waals surface area contributed by atoms with E-state index in [1.807, 2.05) is 24.3 Å². The summed E-state index contributed by atoms with van der Waals surface area (Å²) in [6.45, 7) is 2.58. The van der Waals surface area contributed by atoms with Crippen molar-refractivity contribution in [1.29, 1.82) is 0 Å². The Labute approximate surface area is 138 Å². The van der Waals surface area contributed by atoms with Crippen LogP contribution in [0.5, 0.6) is 0 Å². The smallest absolute Gasteiger partial charge is 0.264 e. The number of rotatable bonds is 4. The Bertz CT molecular complexity index is 821. The summed E-state index contributed by atoms with van der Waals surface area (Å²) in [5, 5.41) is 1.07. The highest BCUT2D eigenvalue weighted by Gasteiger charge is 2.19. The SMILES string of the molecule is CCc1oc2ccccc2c1CN(C)C(=O)c1ccc(Cl)s1. The largest absolute Gasteiger partial charge is 0.461 e. The number of thiophene rings is 1. The standard InChI is InChI=1S/C17H16ClNO2S/c1-3-13-12(11-6-4-5-7-14(11)21-13)10-19(2)17(20)15-8-9-16(18)22-15/h4-9H,3,10H2,1-2H3. The van der Waals surface area contributed by atoms with Crippen LogP contribution in [0.25, 0.3) is 11.0 Å². The average molecular weight is 334 g/mol. The molecule has 1 amide bonds. The number of aryl methyl sites for hydroxylation is 1. The number of carbonyl (C=O) groups is 1. The molecule has 1 aromatic carbocycles. The predicted octanol–water partition coefficient (Wildman–Crippen LogP) is 4.98. The van der Waals surface area contributed by atoms with E-state index in [4.69, 9.17) is 16.0 Å². The normalized spacial score (nSPS) is 11.0. The van der Waals surface area contributed by atoms with Gasteiger partial charge in [0.2, 0.25) is 0 Å². The first kappa shape index (κ1) is 15.1. The molecule has 3 rings (SSSR count). The van der Waals surface area contributed by atoms with Crippen LogP contribution in [0.1, 0.15) is 27.9 Å². The van der Waals surface area contributed by atoms with Crippen LogP contribution in [0, 0.1) is 0 Å². The molecule has 0 aliphatic heterocycles. The number of fused-ring (bicyclic) bond motifs is 1. The second-order valence-electron chi connectivity index (χ2n) is 5.12. The first-order valence-electron chi connectivity index (χ1n) is 7.10. The molecule has 3 aromatic rings. The molecule has 0 saturated heterocycles. The van der Waals surface area contributed by atoms with Gasteiger partial charge in [0.15, 0.2) is 0 Å². The Morgan fingerprint density at radius 2 is 2.05 bits per heavy atom. The number of nitrogens with zero attached hydrogens (tertiary/aromatic N) is 1. The molecule has 0 atom stereocenters. The van der Waals surface area contributed by atoms with Crippen LogP contribution in [0.15, 0.2) is 40.8 Å². The fraction of sp³-hybridized carbons (Fsp3) is 0.235. The van der Waals surface area contributed by atoms with E-state index in [1.54, 1.807) is 24.1 Å². The number of amides is 1. The zero-order chi connectivity index (χ0) is 15.7. The van der Waals surface area contributed by atoms with Gasteiger partial charge in [0.25, 0.3) is 5.91 Å². The molecule has 0 unspecified atom stereocenters. The Morgan fingerprint density at radius 3 is 2.73 bits per heavy atom. The van der Waals surface area contributed by atoms with Gasteiger partial charge in [0, 0.05) is 31.0 Å². The van der Waals surface area contributed by atoms with Crippen molar-refractivity contribution in [3.8, 4) is 0 Å². The summed E-state index contributed by atoms with van der Waals surface area (Å²) in [6.07, 6.45) is 0.802. The summed E-state index contributed by atoms with van der Waals surface area (Å²) in [5.74, 6) is 0.911. The number of hydrogen-bond donors (Lipinski definition) is 0. The molecule has 0 radical (unpaired) electrons. The number of para-hydroxylation sites is 1. The molecule has 3 nitrogen and oxygen atoms in total. The van der Waals surface area contributed by atoms with E-state index in [0.717, 1.165) is 28.7 Å². The van der Waals surface area contributed by atoms with E-state index in [9.17, 15) is 4.79 Å². The third-order valence-electron chi connectivity index (χ3n) is 3.63. The Kier molecular flexibility index (Phi) is 4.23. The minimum atomic E-state index is -0.0239. The highest BCUT2D eigenvalue weighted by atomic mass is 35.5. The zero-order valence-corrected chi connectivity index (χ0v) is 14.0. The topological polar surface area (TPSA) is 33.5 Å². The van der Waals surface area contributed by atoms with E-state index in [-0.39, 0.29) is 5.91 Å². The van der Waals surface area contributed by atoms with Gasteiger partial charge in [-0.15, -0.1) is 11.3 Å². The number of carbonyl (C=O) groups excluding carboxylic acids is 1. The number of hydrogen-bond acceptors (Lipinski definition) is 3. The maximum Gasteiger partial charge on any atom is 0.264 e. The van der Waals surface area contributed by atoms with Gasteiger partial charge in [0.05, 0.1) is 9.21 Å². The highest BCUT2D eigenvalue weighted by molar-refractivity contribution is 7.17. The van der Waals surface area contributed by atoms with Crippen LogP contribution in [0.4, 0.5) is 0 Å². The molecule has 0 saturated carbocycles. The van der Waals surface area contributed by atoms with E-state index < -0.39 is 0 Å². The molecule has 0 spiro atoms. The third-order valence-corrected chi connectivity index (χ3v) is 4.85. The number of benzene rings is 1. The van der Waals surface area contributed by atoms with Crippen LogP contribution >= 0.6 is 22.9 Å². The number of furan rings is 1. The fourth-order valence-corrected chi connectivity index (χ4v) is 3.57. The molecule has 0 N–H and O–H groups in total. The third kappa shape index (κ3) is 2.76. The minimum absolute atomic E-state index is 0.0239. The fourth-order valence-electron chi connectivity index (χ4n) is 2.53. The molecule has 2 heterocycles. The van der Waals surface area contributed by atoms with E-state index in [2.05, 4.69) is 6.92 Å².